The Labute approximate surface area is 155 Å². The van der Waals surface area contributed by atoms with Gasteiger partial charge in [0.1, 0.15) is 22.8 Å². The third-order valence-electron chi connectivity index (χ3n) is 3.98. The highest BCUT2D eigenvalue weighted by Gasteiger charge is 2.12. The topological polar surface area (TPSA) is 69.9 Å². The number of anilines is 1. The molecule has 3 rings (SSSR count). The predicted octanol–water partition coefficient (Wildman–Crippen LogP) is 4.08. The predicted molar refractivity (Wildman–Crippen MR) is 101 cm³/mol. The molecule has 3 aromatic rings. The van der Waals surface area contributed by atoms with Crippen molar-refractivity contribution in [1.29, 1.82) is 0 Å². The summed E-state index contributed by atoms with van der Waals surface area (Å²) in [6.45, 7) is 0.384. The van der Waals surface area contributed by atoms with Gasteiger partial charge in [0, 0.05) is 36.2 Å². The lowest BCUT2D eigenvalue weighted by Gasteiger charge is -2.14. The van der Waals surface area contributed by atoms with Gasteiger partial charge < -0.3 is 23.9 Å². The number of methoxy groups -OCH3 is 3. The quantitative estimate of drug-likeness (QED) is 0.654. The molecular formula is C19H18ClNO5. The van der Waals surface area contributed by atoms with E-state index in [-0.39, 0.29) is 0 Å². The van der Waals surface area contributed by atoms with Crippen molar-refractivity contribution in [2.75, 3.05) is 26.6 Å². The average Bonchev–Trinajstić information content (AvgIpc) is 2.65. The molecule has 1 heterocycles. The molecule has 0 saturated carbocycles. The minimum atomic E-state index is -0.428. The molecule has 0 saturated heterocycles. The van der Waals surface area contributed by atoms with Crippen LogP contribution in [0, 0.1) is 0 Å². The molecule has 0 spiro atoms. The van der Waals surface area contributed by atoms with E-state index in [0.29, 0.717) is 40.1 Å². The van der Waals surface area contributed by atoms with Crippen molar-refractivity contribution in [2.45, 2.75) is 6.54 Å². The molecule has 0 aliphatic rings. The summed E-state index contributed by atoms with van der Waals surface area (Å²) in [7, 11) is 4.66. The Balaban J connectivity index is 1.96. The SMILES string of the molecule is COc1ccc2c(CNc3cc(OC)c(Cl)cc3OC)cc(=O)oc2c1. The van der Waals surface area contributed by atoms with Crippen LogP contribution in [0.1, 0.15) is 5.56 Å². The first-order valence-electron chi connectivity index (χ1n) is 7.82. The Hall–Kier alpha value is -2.86. The minimum Gasteiger partial charge on any atom is -0.497 e. The maximum Gasteiger partial charge on any atom is 0.336 e. The summed E-state index contributed by atoms with van der Waals surface area (Å²) >= 11 is 6.13. The Morgan fingerprint density at radius 2 is 1.77 bits per heavy atom. The molecule has 26 heavy (non-hydrogen) atoms. The van der Waals surface area contributed by atoms with Crippen molar-refractivity contribution in [3.8, 4) is 17.2 Å². The molecule has 0 bridgehead atoms. The number of hydrogen-bond donors (Lipinski definition) is 1. The van der Waals surface area contributed by atoms with E-state index in [1.165, 1.54) is 6.07 Å². The number of nitrogens with one attached hydrogen (secondary N) is 1. The maximum atomic E-state index is 11.9. The summed E-state index contributed by atoms with van der Waals surface area (Å²) in [4.78, 5) is 11.9. The highest BCUT2D eigenvalue weighted by Crippen LogP contribution is 2.36. The fraction of sp³-hybridized carbons (Fsp3) is 0.211. The van der Waals surface area contributed by atoms with Crippen LogP contribution in [0.3, 0.4) is 0 Å². The number of ether oxygens (including phenoxy) is 3. The normalized spacial score (nSPS) is 10.6. The molecule has 136 valence electrons. The molecule has 0 radical (unpaired) electrons. The molecule has 0 fully saturated rings. The van der Waals surface area contributed by atoms with Crippen LogP contribution >= 0.6 is 11.6 Å². The van der Waals surface area contributed by atoms with Gasteiger partial charge in [-0.1, -0.05) is 11.6 Å². The number of hydrogen-bond acceptors (Lipinski definition) is 6. The third-order valence-corrected chi connectivity index (χ3v) is 4.28. The summed E-state index contributed by atoms with van der Waals surface area (Å²) in [5.41, 5.74) is 1.52. The van der Waals surface area contributed by atoms with Crippen LogP contribution in [0.25, 0.3) is 11.0 Å². The van der Waals surface area contributed by atoms with Gasteiger partial charge in [-0.3, -0.25) is 0 Å². The zero-order chi connectivity index (χ0) is 18.7. The summed E-state index contributed by atoms with van der Waals surface area (Å²) in [6.07, 6.45) is 0. The molecule has 6 nitrogen and oxygen atoms in total. The molecule has 0 aliphatic carbocycles. The van der Waals surface area contributed by atoms with Crippen LogP contribution in [0.5, 0.6) is 17.2 Å². The smallest absolute Gasteiger partial charge is 0.336 e. The maximum absolute atomic E-state index is 11.9. The van der Waals surface area contributed by atoms with Crippen molar-refractivity contribution >= 4 is 28.3 Å². The second kappa shape index (κ2) is 7.58. The summed E-state index contributed by atoms with van der Waals surface area (Å²) in [6, 6.07) is 10.2. The van der Waals surface area contributed by atoms with Crippen molar-refractivity contribution in [3.63, 3.8) is 0 Å². The van der Waals surface area contributed by atoms with Crippen LogP contribution < -0.4 is 25.2 Å². The van der Waals surface area contributed by atoms with Crippen molar-refractivity contribution in [3.05, 3.63) is 57.4 Å². The lowest BCUT2D eigenvalue weighted by molar-refractivity contribution is 0.404. The van der Waals surface area contributed by atoms with E-state index < -0.39 is 5.63 Å². The molecule has 0 amide bonds. The van der Waals surface area contributed by atoms with Crippen LogP contribution in [-0.2, 0) is 6.54 Å². The van der Waals surface area contributed by atoms with Crippen LogP contribution in [0.4, 0.5) is 5.69 Å². The fourth-order valence-corrected chi connectivity index (χ4v) is 2.90. The average molecular weight is 376 g/mol. The van der Waals surface area contributed by atoms with Crippen LogP contribution in [-0.4, -0.2) is 21.3 Å². The van der Waals surface area contributed by atoms with E-state index in [2.05, 4.69) is 5.32 Å². The number of rotatable bonds is 6. The highest BCUT2D eigenvalue weighted by molar-refractivity contribution is 6.32. The first-order chi connectivity index (χ1) is 12.5. The van der Waals surface area contributed by atoms with E-state index in [9.17, 15) is 4.79 Å². The van der Waals surface area contributed by atoms with Gasteiger partial charge in [0.15, 0.2) is 0 Å². The zero-order valence-corrected chi connectivity index (χ0v) is 15.3. The van der Waals surface area contributed by atoms with Crippen LogP contribution in [0.2, 0.25) is 5.02 Å². The third kappa shape index (κ3) is 3.55. The van der Waals surface area contributed by atoms with Gasteiger partial charge in [-0.2, -0.15) is 0 Å². The fourth-order valence-electron chi connectivity index (χ4n) is 2.67. The number of benzene rings is 2. The second-order valence-electron chi connectivity index (χ2n) is 5.49. The van der Waals surface area contributed by atoms with Gasteiger partial charge in [-0.05, 0) is 17.7 Å². The monoisotopic (exact) mass is 375 g/mol. The molecule has 0 atom stereocenters. The largest absolute Gasteiger partial charge is 0.497 e. The number of fused-ring (bicyclic) bond motifs is 1. The molecular weight excluding hydrogens is 358 g/mol. The van der Waals surface area contributed by atoms with E-state index in [0.717, 1.165) is 10.9 Å². The van der Waals surface area contributed by atoms with E-state index in [1.54, 1.807) is 39.5 Å². The van der Waals surface area contributed by atoms with Gasteiger partial charge in [-0.25, -0.2) is 4.79 Å². The lowest BCUT2D eigenvalue weighted by Crippen LogP contribution is -2.07. The van der Waals surface area contributed by atoms with Gasteiger partial charge in [0.25, 0.3) is 0 Å². The minimum absolute atomic E-state index is 0.384. The van der Waals surface area contributed by atoms with Crippen molar-refractivity contribution < 1.29 is 18.6 Å². The summed E-state index contributed by atoms with van der Waals surface area (Å²) in [5.74, 6) is 1.72. The first-order valence-corrected chi connectivity index (χ1v) is 8.19. The molecule has 7 heteroatoms. The standard InChI is InChI=1S/C19H18ClNO5/c1-23-12-4-5-13-11(6-19(22)26-16(13)7-12)10-21-15-9-17(24-2)14(20)8-18(15)25-3/h4-9,21H,10H2,1-3H3. The lowest BCUT2D eigenvalue weighted by atomic mass is 10.1. The van der Waals surface area contributed by atoms with Gasteiger partial charge in [0.05, 0.1) is 32.0 Å². The van der Waals surface area contributed by atoms with Gasteiger partial charge >= 0.3 is 5.63 Å². The Bertz CT molecular complexity index is 999. The Morgan fingerprint density at radius 3 is 2.46 bits per heavy atom. The Morgan fingerprint density at radius 1 is 1.00 bits per heavy atom. The number of halogens is 1. The molecule has 0 unspecified atom stereocenters. The van der Waals surface area contributed by atoms with Crippen molar-refractivity contribution in [1.82, 2.24) is 0 Å². The van der Waals surface area contributed by atoms with Gasteiger partial charge in [-0.15, -0.1) is 0 Å². The summed E-state index contributed by atoms with van der Waals surface area (Å²) < 4.78 is 21.0. The second-order valence-corrected chi connectivity index (χ2v) is 5.90. The van der Waals surface area contributed by atoms with E-state index >= 15 is 0 Å². The molecule has 0 aliphatic heterocycles. The van der Waals surface area contributed by atoms with Crippen molar-refractivity contribution in [2.24, 2.45) is 0 Å². The van der Waals surface area contributed by atoms with E-state index in [4.69, 9.17) is 30.2 Å². The van der Waals surface area contributed by atoms with Crippen LogP contribution in [0.15, 0.2) is 45.6 Å². The molecule has 1 N–H and O–H groups in total. The summed E-state index contributed by atoms with van der Waals surface area (Å²) in [5, 5.41) is 4.52. The molecule has 2 aromatic carbocycles. The Kier molecular flexibility index (Phi) is 5.23. The van der Waals surface area contributed by atoms with E-state index in [1.807, 2.05) is 12.1 Å². The molecule has 1 aromatic heterocycles. The first kappa shape index (κ1) is 17.9. The van der Waals surface area contributed by atoms with Gasteiger partial charge in [0.2, 0.25) is 0 Å². The zero-order valence-electron chi connectivity index (χ0n) is 14.6. The highest BCUT2D eigenvalue weighted by atomic mass is 35.5.